The van der Waals surface area contributed by atoms with Crippen molar-refractivity contribution < 1.29 is 18.7 Å². The molecule has 0 radical (unpaired) electrons. The number of amides is 1. The highest BCUT2D eigenvalue weighted by Gasteiger charge is 2.16. The van der Waals surface area contributed by atoms with E-state index in [0.717, 1.165) is 5.39 Å². The van der Waals surface area contributed by atoms with E-state index in [1.54, 1.807) is 7.11 Å². The zero-order valence-corrected chi connectivity index (χ0v) is 12.2. The highest BCUT2D eigenvalue weighted by atomic mass is 16.5. The first-order valence-corrected chi connectivity index (χ1v) is 6.77. The lowest BCUT2D eigenvalue weighted by atomic mass is 10.2. The average molecular weight is 292 g/mol. The topological polar surface area (TPSA) is 86.7 Å². The molecule has 2 aromatic rings. The normalized spacial score (nSPS) is 12.3. The first kappa shape index (κ1) is 15.3. The molecule has 6 nitrogen and oxygen atoms in total. The summed E-state index contributed by atoms with van der Waals surface area (Å²) in [5, 5.41) is 3.59. The van der Waals surface area contributed by atoms with Gasteiger partial charge in [-0.1, -0.05) is 12.1 Å². The Hall–Kier alpha value is -2.05. The lowest BCUT2D eigenvalue weighted by molar-refractivity contribution is -0.124. The molecule has 0 saturated carbocycles. The summed E-state index contributed by atoms with van der Waals surface area (Å²) in [7, 11) is 1.59. The number of hydrogen-bond donors (Lipinski definition) is 2. The van der Waals surface area contributed by atoms with Crippen LogP contribution in [0.15, 0.2) is 28.7 Å². The zero-order chi connectivity index (χ0) is 15.2. The Kier molecular flexibility index (Phi) is 5.19. The molecule has 114 valence electrons. The number of nitrogens with one attached hydrogen (secondary N) is 1. The van der Waals surface area contributed by atoms with Crippen LogP contribution in [0.25, 0.3) is 11.0 Å². The Bertz CT molecular complexity index is 609. The molecular weight excluding hydrogens is 272 g/mol. The second kappa shape index (κ2) is 7.10. The number of carbonyl (C=O) groups is 1. The van der Waals surface area contributed by atoms with Crippen LogP contribution in [0.3, 0.4) is 0 Å². The van der Waals surface area contributed by atoms with Crippen molar-refractivity contribution in [2.75, 3.05) is 20.3 Å². The molecule has 1 aromatic carbocycles. The molecule has 1 heterocycles. The molecular formula is C15H20N2O4. The summed E-state index contributed by atoms with van der Waals surface area (Å²) in [6.45, 7) is 2.44. The Morgan fingerprint density at radius 3 is 2.90 bits per heavy atom. The molecule has 0 aliphatic rings. The number of furan rings is 1. The van der Waals surface area contributed by atoms with Crippen LogP contribution in [0.4, 0.5) is 0 Å². The Morgan fingerprint density at radius 1 is 1.43 bits per heavy atom. The number of para-hydroxylation sites is 1. The number of ether oxygens (including phenoxy) is 2. The minimum atomic E-state index is -0.215. The fourth-order valence-corrected chi connectivity index (χ4v) is 2.11. The van der Waals surface area contributed by atoms with E-state index in [-0.39, 0.29) is 25.1 Å². The van der Waals surface area contributed by atoms with Crippen molar-refractivity contribution in [3.8, 4) is 5.75 Å². The van der Waals surface area contributed by atoms with Crippen LogP contribution in [0.2, 0.25) is 0 Å². The van der Waals surface area contributed by atoms with Crippen LogP contribution < -0.4 is 15.8 Å². The van der Waals surface area contributed by atoms with E-state index in [9.17, 15) is 4.79 Å². The van der Waals surface area contributed by atoms with Crippen molar-refractivity contribution in [3.63, 3.8) is 0 Å². The number of methoxy groups -OCH3 is 1. The molecule has 1 atom stereocenters. The van der Waals surface area contributed by atoms with Crippen LogP contribution in [-0.4, -0.2) is 32.3 Å². The SMILES string of the molecule is COCC(C)NC(=O)COc1c(CN)oc2ccccc12. The lowest BCUT2D eigenvalue weighted by Crippen LogP contribution is -2.38. The second-order valence-corrected chi connectivity index (χ2v) is 4.77. The monoisotopic (exact) mass is 292 g/mol. The second-order valence-electron chi connectivity index (χ2n) is 4.77. The molecule has 1 amide bonds. The Balaban J connectivity index is 2.04. The van der Waals surface area contributed by atoms with Crippen molar-refractivity contribution in [3.05, 3.63) is 30.0 Å². The number of benzene rings is 1. The van der Waals surface area contributed by atoms with Gasteiger partial charge in [0.2, 0.25) is 0 Å². The number of hydrogen-bond acceptors (Lipinski definition) is 5. The summed E-state index contributed by atoms with van der Waals surface area (Å²) in [6, 6.07) is 7.39. The fourth-order valence-electron chi connectivity index (χ4n) is 2.11. The standard InChI is InChI=1S/C15H20N2O4/c1-10(8-19-2)17-14(18)9-20-15-11-5-3-4-6-12(11)21-13(15)7-16/h3-6,10H,7-9,16H2,1-2H3,(H,17,18). The van der Waals surface area contributed by atoms with Gasteiger partial charge in [-0.15, -0.1) is 0 Å². The van der Waals surface area contributed by atoms with Gasteiger partial charge in [0.25, 0.3) is 5.91 Å². The molecule has 1 unspecified atom stereocenters. The third-order valence-electron chi connectivity index (χ3n) is 2.98. The predicted octanol–water partition coefficient (Wildman–Crippen LogP) is 1.42. The number of fused-ring (bicyclic) bond motifs is 1. The van der Waals surface area contributed by atoms with Gasteiger partial charge in [-0.3, -0.25) is 4.79 Å². The minimum Gasteiger partial charge on any atom is -0.479 e. The number of nitrogens with two attached hydrogens (primary N) is 1. The molecule has 0 spiro atoms. The fraction of sp³-hybridized carbons (Fsp3) is 0.400. The van der Waals surface area contributed by atoms with Crippen LogP contribution in [0, 0.1) is 0 Å². The van der Waals surface area contributed by atoms with Gasteiger partial charge in [0.05, 0.1) is 18.5 Å². The highest BCUT2D eigenvalue weighted by Crippen LogP contribution is 2.32. The van der Waals surface area contributed by atoms with Crippen LogP contribution in [0.1, 0.15) is 12.7 Å². The van der Waals surface area contributed by atoms with Crippen LogP contribution in [-0.2, 0) is 16.1 Å². The third-order valence-corrected chi connectivity index (χ3v) is 2.98. The Labute approximate surface area is 123 Å². The molecule has 0 saturated heterocycles. The summed E-state index contributed by atoms with van der Waals surface area (Å²) in [4.78, 5) is 11.8. The molecule has 6 heteroatoms. The molecule has 1 aromatic heterocycles. The van der Waals surface area contributed by atoms with Gasteiger partial charge in [0, 0.05) is 13.2 Å². The van der Waals surface area contributed by atoms with Crippen molar-refractivity contribution in [1.82, 2.24) is 5.32 Å². The molecule has 0 bridgehead atoms. The first-order valence-electron chi connectivity index (χ1n) is 6.77. The van der Waals surface area contributed by atoms with Gasteiger partial charge in [-0.2, -0.15) is 0 Å². The van der Waals surface area contributed by atoms with Gasteiger partial charge in [0.15, 0.2) is 18.1 Å². The molecule has 2 rings (SSSR count). The summed E-state index contributed by atoms with van der Waals surface area (Å²) in [6.07, 6.45) is 0. The zero-order valence-electron chi connectivity index (χ0n) is 12.2. The minimum absolute atomic E-state index is 0.0684. The van der Waals surface area contributed by atoms with E-state index in [1.807, 2.05) is 31.2 Å². The van der Waals surface area contributed by atoms with Crippen molar-refractivity contribution >= 4 is 16.9 Å². The van der Waals surface area contributed by atoms with Gasteiger partial charge in [-0.05, 0) is 19.1 Å². The number of carbonyl (C=O) groups excluding carboxylic acids is 1. The quantitative estimate of drug-likeness (QED) is 0.806. The summed E-state index contributed by atoms with van der Waals surface area (Å²) >= 11 is 0. The summed E-state index contributed by atoms with van der Waals surface area (Å²) in [5.74, 6) is 0.851. The smallest absolute Gasteiger partial charge is 0.258 e. The maximum Gasteiger partial charge on any atom is 0.258 e. The molecule has 3 N–H and O–H groups in total. The molecule has 0 fully saturated rings. The highest BCUT2D eigenvalue weighted by molar-refractivity contribution is 5.86. The van der Waals surface area contributed by atoms with E-state index in [4.69, 9.17) is 19.6 Å². The van der Waals surface area contributed by atoms with E-state index >= 15 is 0 Å². The molecule has 21 heavy (non-hydrogen) atoms. The van der Waals surface area contributed by atoms with Gasteiger partial charge < -0.3 is 24.9 Å². The summed E-state index contributed by atoms with van der Waals surface area (Å²) in [5.41, 5.74) is 6.35. The lowest BCUT2D eigenvalue weighted by Gasteiger charge is -2.13. The maximum absolute atomic E-state index is 11.8. The van der Waals surface area contributed by atoms with Crippen molar-refractivity contribution in [1.29, 1.82) is 0 Å². The average Bonchev–Trinajstić information content (AvgIpc) is 2.83. The van der Waals surface area contributed by atoms with E-state index in [1.165, 1.54) is 0 Å². The molecule has 0 aliphatic carbocycles. The van der Waals surface area contributed by atoms with Crippen molar-refractivity contribution in [2.45, 2.75) is 19.5 Å². The van der Waals surface area contributed by atoms with Crippen LogP contribution >= 0.6 is 0 Å². The van der Waals surface area contributed by atoms with Gasteiger partial charge >= 0.3 is 0 Å². The van der Waals surface area contributed by atoms with Crippen LogP contribution in [0.5, 0.6) is 5.75 Å². The van der Waals surface area contributed by atoms with Crippen molar-refractivity contribution in [2.24, 2.45) is 5.73 Å². The van der Waals surface area contributed by atoms with Gasteiger partial charge in [0.1, 0.15) is 5.58 Å². The third kappa shape index (κ3) is 3.74. The molecule has 0 aliphatic heterocycles. The van der Waals surface area contributed by atoms with E-state index in [2.05, 4.69) is 5.32 Å². The largest absolute Gasteiger partial charge is 0.479 e. The van der Waals surface area contributed by atoms with Gasteiger partial charge in [-0.25, -0.2) is 0 Å². The maximum atomic E-state index is 11.8. The number of rotatable bonds is 7. The summed E-state index contributed by atoms with van der Waals surface area (Å²) < 4.78 is 16.2. The Morgan fingerprint density at radius 2 is 2.19 bits per heavy atom. The first-order chi connectivity index (χ1) is 10.2. The van der Waals surface area contributed by atoms with E-state index in [0.29, 0.717) is 23.7 Å². The predicted molar refractivity (Wildman–Crippen MR) is 79.1 cm³/mol. The van der Waals surface area contributed by atoms with E-state index < -0.39 is 0 Å².